The Labute approximate surface area is 122 Å². The van der Waals surface area contributed by atoms with Crippen LogP contribution in [0.5, 0.6) is 5.75 Å². The molecule has 3 N–H and O–H groups in total. The average molecular weight is 288 g/mol. The second-order valence-corrected chi connectivity index (χ2v) is 5.20. The zero-order valence-electron chi connectivity index (χ0n) is 11.1. The highest BCUT2D eigenvalue weighted by atomic mass is 32.2. The number of nitrogens with two attached hydrogens (primary N) is 1. The predicted octanol–water partition coefficient (Wildman–Crippen LogP) is 3.08. The third-order valence-corrected chi connectivity index (χ3v) is 3.91. The summed E-state index contributed by atoms with van der Waals surface area (Å²) in [5.74, 6) is 1.85. The Kier molecular flexibility index (Phi) is 4.90. The van der Waals surface area contributed by atoms with Crippen molar-refractivity contribution in [2.45, 2.75) is 10.6 Å². The molecule has 0 amide bonds. The molecule has 0 spiro atoms. The number of hydrogen-bond acceptors (Lipinski definition) is 4. The van der Waals surface area contributed by atoms with E-state index < -0.39 is 0 Å². The SMILES string of the molecule is COc1ccc(SCc2ccc(/C(N)=N/O)cc2)cc1. The summed E-state index contributed by atoms with van der Waals surface area (Å²) in [6, 6.07) is 15.6. The van der Waals surface area contributed by atoms with Gasteiger partial charge in [-0.15, -0.1) is 11.8 Å². The van der Waals surface area contributed by atoms with Crippen molar-refractivity contribution >= 4 is 17.6 Å². The summed E-state index contributed by atoms with van der Waals surface area (Å²) in [4.78, 5) is 1.19. The Morgan fingerprint density at radius 1 is 1.15 bits per heavy atom. The second-order valence-electron chi connectivity index (χ2n) is 4.15. The molecule has 0 saturated heterocycles. The van der Waals surface area contributed by atoms with Gasteiger partial charge in [0.25, 0.3) is 0 Å². The van der Waals surface area contributed by atoms with Gasteiger partial charge in [0, 0.05) is 16.2 Å². The smallest absolute Gasteiger partial charge is 0.170 e. The number of methoxy groups -OCH3 is 1. The van der Waals surface area contributed by atoms with Crippen molar-refractivity contribution in [3.05, 3.63) is 59.7 Å². The van der Waals surface area contributed by atoms with E-state index in [0.717, 1.165) is 11.5 Å². The molecule has 0 atom stereocenters. The molecule has 0 unspecified atom stereocenters. The zero-order valence-corrected chi connectivity index (χ0v) is 11.9. The normalized spacial score (nSPS) is 11.3. The Bertz CT molecular complexity index is 580. The number of ether oxygens (including phenoxy) is 1. The topological polar surface area (TPSA) is 67.8 Å². The van der Waals surface area contributed by atoms with Gasteiger partial charge in [0.15, 0.2) is 5.84 Å². The first-order chi connectivity index (χ1) is 9.72. The Morgan fingerprint density at radius 3 is 2.35 bits per heavy atom. The van der Waals surface area contributed by atoms with E-state index in [2.05, 4.69) is 5.16 Å². The van der Waals surface area contributed by atoms with Gasteiger partial charge in [0.05, 0.1) is 7.11 Å². The lowest BCUT2D eigenvalue weighted by molar-refractivity contribution is 0.318. The minimum Gasteiger partial charge on any atom is -0.497 e. The molecule has 20 heavy (non-hydrogen) atoms. The molecule has 0 radical (unpaired) electrons. The maximum absolute atomic E-state index is 8.60. The van der Waals surface area contributed by atoms with Crippen LogP contribution in [0, 0.1) is 0 Å². The monoisotopic (exact) mass is 288 g/mol. The van der Waals surface area contributed by atoms with E-state index in [9.17, 15) is 0 Å². The average Bonchev–Trinajstić information content (AvgIpc) is 2.53. The molecular weight excluding hydrogens is 272 g/mol. The molecule has 2 aromatic rings. The summed E-state index contributed by atoms with van der Waals surface area (Å²) in [5, 5.41) is 11.6. The van der Waals surface area contributed by atoms with Crippen molar-refractivity contribution < 1.29 is 9.94 Å². The van der Waals surface area contributed by atoms with Gasteiger partial charge in [-0.3, -0.25) is 0 Å². The highest BCUT2D eigenvalue weighted by Gasteiger charge is 2.00. The number of thioether (sulfide) groups is 1. The summed E-state index contributed by atoms with van der Waals surface area (Å²) in [6.07, 6.45) is 0. The summed E-state index contributed by atoms with van der Waals surface area (Å²) in [5.41, 5.74) is 7.41. The van der Waals surface area contributed by atoms with E-state index in [1.165, 1.54) is 10.5 Å². The first-order valence-electron chi connectivity index (χ1n) is 6.06. The van der Waals surface area contributed by atoms with Crippen molar-refractivity contribution in [1.82, 2.24) is 0 Å². The minimum absolute atomic E-state index is 0.124. The van der Waals surface area contributed by atoms with Crippen LogP contribution in [0.2, 0.25) is 0 Å². The third kappa shape index (κ3) is 3.68. The second kappa shape index (κ2) is 6.86. The first kappa shape index (κ1) is 14.3. The fraction of sp³-hybridized carbons (Fsp3) is 0.133. The number of hydrogen-bond donors (Lipinski definition) is 2. The van der Waals surface area contributed by atoms with Crippen LogP contribution in [0.4, 0.5) is 0 Å². The fourth-order valence-corrected chi connectivity index (χ4v) is 2.52. The van der Waals surface area contributed by atoms with Crippen molar-refractivity contribution in [3.63, 3.8) is 0 Å². The van der Waals surface area contributed by atoms with Gasteiger partial charge >= 0.3 is 0 Å². The van der Waals surface area contributed by atoms with Gasteiger partial charge in [-0.2, -0.15) is 0 Å². The molecule has 104 valence electrons. The van der Waals surface area contributed by atoms with E-state index in [-0.39, 0.29) is 5.84 Å². The molecule has 0 heterocycles. The van der Waals surface area contributed by atoms with Gasteiger partial charge in [0.1, 0.15) is 5.75 Å². The first-order valence-corrected chi connectivity index (χ1v) is 7.05. The summed E-state index contributed by atoms with van der Waals surface area (Å²) in [6.45, 7) is 0. The number of nitrogens with zero attached hydrogens (tertiary/aromatic N) is 1. The Hall–Kier alpha value is -2.14. The van der Waals surface area contributed by atoms with Crippen LogP contribution in [-0.4, -0.2) is 18.2 Å². The molecule has 0 aliphatic carbocycles. The fourth-order valence-electron chi connectivity index (χ4n) is 1.67. The van der Waals surface area contributed by atoms with Crippen molar-refractivity contribution in [1.29, 1.82) is 0 Å². The number of rotatable bonds is 5. The Morgan fingerprint density at radius 2 is 1.80 bits per heavy atom. The van der Waals surface area contributed by atoms with Crippen LogP contribution >= 0.6 is 11.8 Å². The van der Waals surface area contributed by atoms with E-state index in [1.807, 2.05) is 48.5 Å². The highest BCUT2D eigenvalue weighted by molar-refractivity contribution is 7.98. The number of benzene rings is 2. The molecule has 5 heteroatoms. The van der Waals surface area contributed by atoms with Gasteiger partial charge in [-0.25, -0.2) is 0 Å². The van der Waals surface area contributed by atoms with Gasteiger partial charge in [0.2, 0.25) is 0 Å². The van der Waals surface area contributed by atoms with Crippen molar-refractivity contribution in [3.8, 4) is 5.75 Å². The van der Waals surface area contributed by atoms with Crippen molar-refractivity contribution in [2.75, 3.05) is 7.11 Å². The van der Waals surface area contributed by atoms with Crippen LogP contribution in [-0.2, 0) is 5.75 Å². The number of amidine groups is 1. The van der Waals surface area contributed by atoms with E-state index in [0.29, 0.717) is 5.56 Å². The molecule has 0 aliphatic rings. The maximum Gasteiger partial charge on any atom is 0.170 e. The molecule has 0 saturated carbocycles. The lowest BCUT2D eigenvalue weighted by Gasteiger charge is -2.05. The summed E-state index contributed by atoms with van der Waals surface area (Å²) >= 11 is 1.75. The van der Waals surface area contributed by atoms with Crippen molar-refractivity contribution in [2.24, 2.45) is 10.9 Å². The van der Waals surface area contributed by atoms with E-state index in [4.69, 9.17) is 15.7 Å². The van der Waals surface area contributed by atoms with Gasteiger partial charge < -0.3 is 15.7 Å². The third-order valence-electron chi connectivity index (χ3n) is 2.82. The summed E-state index contributed by atoms with van der Waals surface area (Å²) in [7, 11) is 1.66. The molecule has 0 aliphatic heterocycles. The molecule has 0 bridgehead atoms. The maximum atomic E-state index is 8.60. The van der Waals surface area contributed by atoms with E-state index in [1.54, 1.807) is 18.9 Å². The van der Waals surface area contributed by atoms with Gasteiger partial charge in [-0.1, -0.05) is 29.4 Å². The molecule has 2 aromatic carbocycles. The summed E-state index contributed by atoms with van der Waals surface area (Å²) < 4.78 is 5.13. The van der Waals surface area contributed by atoms with Crippen LogP contribution in [0.1, 0.15) is 11.1 Å². The molecule has 4 nitrogen and oxygen atoms in total. The quantitative estimate of drug-likeness (QED) is 0.292. The zero-order chi connectivity index (χ0) is 14.4. The van der Waals surface area contributed by atoms with Crippen LogP contribution in [0.15, 0.2) is 58.6 Å². The molecular formula is C15H16N2O2S. The van der Waals surface area contributed by atoms with E-state index >= 15 is 0 Å². The lowest BCUT2D eigenvalue weighted by atomic mass is 10.1. The number of oxime groups is 1. The lowest BCUT2D eigenvalue weighted by Crippen LogP contribution is -2.12. The Balaban J connectivity index is 1.96. The largest absolute Gasteiger partial charge is 0.497 e. The standard InChI is InChI=1S/C15H16N2O2S/c1-19-13-6-8-14(9-7-13)20-10-11-2-4-12(5-3-11)15(16)17-18/h2-9,18H,10H2,1H3,(H2,16,17). The van der Waals surface area contributed by atoms with Crippen LogP contribution in [0.25, 0.3) is 0 Å². The molecule has 0 aromatic heterocycles. The molecule has 2 rings (SSSR count). The predicted molar refractivity (Wildman–Crippen MR) is 81.5 cm³/mol. The highest BCUT2D eigenvalue weighted by Crippen LogP contribution is 2.24. The van der Waals surface area contributed by atoms with Crippen LogP contribution < -0.4 is 10.5 Å². The van der Waals surface area contributed by atoms with Gasteiger partial charge in [-0.05, 0) is 29.8 Å². The minimum atomic E-state index is 0.124. The van der Waals surface area contributed by atoms with Crippen LogP contribution in [0.3, 0.4) is 0 Å². The molecule has 0 fully saturated rings.